The molecule has 0 fully saturated rings. The van der Waals surface area contributed by atoms with E-state index in [1.165, 1.54) is 57.0 Å². The van der Waals surface area contributed by atoms with Gasteiger partial charge in [0.05, 0.1) is 12.7 Å². The highest BCUT2D eigenvalue weighted by Crippen LogP contribution is 2.43. The van der Waals surface area contributed by atoms with Crippen LogP contribution in [0.4, 0.5) is 18.9 Å². The number of hydrogen-bond donors (Lipinski definition) is 0. The van der Waals surface area contributed by atoms with Crippen molar-refractivity contribution in [2.24, 2.45) is 0 Å². The third-order valence-corrected chi connectivity index (χ3v) is 7.19. The van der Waals surface area contributed by atoms with Crippen molar-refractivity contribution in [2.75, 3.05) is 12.0 Å². The first kappa shape index (κ1) is 30.6. The minimum atomic E-state index is -4.76. The minimum Gasteiger partial charge on any atom is -0.497 e. The van der Waals surface area contributed by atoms with Gasteiger partial charge in [-0.15, -0.1) is 0 Å². The van der Waals surface area contributed by atoms with Gasteiger partial charge in [0.2, 0.25) is 12.0 Å². The molecule has 1 aliphatic rings. The standard InChI is InChI=1S/C32H42F3NO3/c1-3-4-5-6-7-8-9-10-11-12-13-17-20-28-29(32(33,34)35)39-31(25-18-15-14-16-19-25)36(30(28)37)26-21-23-27(38-2)24-22-26/h14-16,18-19,21-24,31H,3-13,17,20H2,1-2H3. The number of alkyl halides is 3. The van der Waals surface area contributed by atoms with Crippen molar-refractivity contribution in [3.05, 3.63) is 71.5 Å². The first-order chi connectivity index (χ1) is 18.9. The Balaban J connectivity index is 1.67. The fraction of sp³-hybridized carbons (Fsp3) is 0.531. The lowest BCUT2D eigenvalue weighted by atomic mass is 9.99. The number of halogens is 3. The fourth-order valence-corrected chi connectivity index (χ4v) is 5.02. The molecular formula is C32H42F3NO3. The highest BCUT2D eigenvalue weighted by Gasteiger charge is 2.48. The average molecular weight is 546 g/mol. The normalized spacial score (nSPS) is 16.0. The molecule has 0 saturated carbocycles. The van der Waals surface area contributed by atoms with Crippen molar-refractivity contribution < 1.29 is 27.4 Å². The van der Waals surface area contributed by atoms with Gasteiger partial charge in [-0.2, -0.15) is 13.2 Å². The lowest BCUT2D eigenvalue weighted by molar-refractivity contribution is -0.152. The van der Waals surface area contributed by atoms with Crippen LogP contribution in [0.3, 0.4) is 0 Å². The number of methoxy groups -OCH3 is 1. The van der Waals surface area contributed by atoms with Crippen molar-refractivity contribution >= 4 is 11.6 Å². The lowest BCUT2D eigenvalue weighted by Gasteiger charge is -2.38. The number of rotatable bonds is 16. The van der Waals surface area contributed by atoms with E-state index in [0.717, 1.165) is 25.7 Å². The van der Waals surface area contributed by atoms with Crippen LogP contribution in [-0.4, -0.2) is 19.2 Å². The van der Waals surface area contributed by atoms with Gasteiger partial charge in [0, 0.05) is 11.3 Å². The summed E-state index contributed by atoms with van der Waals surface area (Å²) in [6.45, 7) is 2.22. The third-order valence-electron chi connectivity index (χ3n) is 7.19. The summed E-state index contributed by atoms with van der Waals surface area (Å²) >= 11 is 0. The second-order valence-corrected chi connectivity index (χ2v) is 10.2. The quantitative estimate of drug-likeness (QED) is 0.197. The van der Waals surface area contributed by atoms with E-state index in [-0.39, 0.29) is 12.0 Å². The van der Waals surface area contributed by atoms with E-state index in [0.29, 0.717) is 23.4 Å². The monoisotopic (exact) mass is 545 g/mol. The van der Waals surface area contributed by atoms with Gasteiger partial charge in [-0.05, 0) is 37.1 Å². The Morgan fingerprint density at radius 3 is 1.85 bits per heavy atom. The van der Waals surface area contributed by atoms with Gasteiger partial charge in [-0.3, -0.25) is 9.69 Å². The SMILES string of the molecule is CCCCCCCCCCCCCCC1=C(C(F)(F)F)OC(c2ccccc2)N(c2ccc(OC)cc2)C1=O. The van der Waals surface area contributed by atoms with Crippen LogP contribution in [-0.2, 0) is 9.53 Å². The number of allylic oxidation sites excluding steroid dienone is 1. The predicted octanol–water partition coefficient (Wildman–Crippen LogP) is 9.66. The van der Waals surface area contributed by atoms with Crippen LogP contribution in [0.5, 0.6) is 5.75 Å². The number of ether oxygens (including phenoxy) is 2. The maximum absolute atomic E-state index is 14.2. The van der Waals surface area contributed by atoms with Crippen LogP contribution in [0.2, 0.25) is 0 Å². The molecule has 0 radical (unpaired) electrons. The fourth-order valence-electron chi connectivity index (χ4n) is 5.02. The van der Waals surface area contributed by atoms with Gasteiger partial charge >= 0.3 is 6.18 Å². The van der Waals surface area contributed by atoms with E-state index in [2.05, 4.69) is 6.92 Å². The Bertz CT molecular complexity index is 1030. The molecule has 214 valence electrons. The molecule has 1 atom stereocenters. The van der Waals surface area contributed by atoms with Crippen LogP contribution < -0.4 is 9.64 Å². The Hall–Kier alpha value is -2.96. The van der Waals surface area contributed by atoms with E-state index in [4.69, 9.17) is 9.47 Å². The first-order valence-corrected chi connectivity index (χ1v) is 14.4. The molecule has 1 heterocycles. The molecule has 3 rings (SSSR count). The summed E-state index contributed by atoms with van der Waals surface area (Å²) in [7, 11) is 1.53. The molecule has 1 aliphatic heterocycles. The largest absolute Gasteiger partial charge is 0.497 e. The highest BCUT2D eigenvalue weighted by molar-refractivity contribution is 6.07. The second kappa shape index (κ2) is 15.6. The van der Waals surface area contributed by atoms with E-state index >= 15 is 0 Å². The zero-order chi connectivity index (χ0) is 28.1. The number of anilines is 1. The second-order valence-electron chi connectivity index (χ2n) is 10.2. The topological polar surface area (TPSA) is 38.8 Å². The minimum absolute atomic E-state index is 0.0271. The van der Waals surface area contributed by atoms with Crippen molar-refractivity contribution in [1.82, 2.24) is 0 Å². The van der Waals surface area contributed by atoms with Crippen molar-refractivity contribution in [1.29, 1.82) is 0 Å². The number of carbonyl (C=O) groups is 1. The number of carbonyl (C=O) groups excluding carboxylic acids is 1. The highest BCUT2D eigenvalue weighted by atomic mass is 19.4. The molecule has 1 unspecified atom stereocenters. The van der Waals surface area contributed by atoms with Gasteiger partial charge in [-0.1, -0.05) is 108 Å². The lowest BCUT2D eigenvalue weighted by Crippen LogP contribution is -2.44. The van der Waals surface area contributed by atoms with E-state index in [1.54, 1.807) is 54.6 Å². The molecule has 0 spiro atoms. The molecule has 39 heavy (non-hydrogen) atoms. The number of unbranched alkanes of at least 4 members (excludes halogenated alkanes) is 11. The van der Waals surface area contributed by atoms with Gasteiger partial charge in [0.25, 0.3) is 5.91 Å². The van der Waals surface area contributed by atoms with Gasteiger partial charge in [-0.25, -0.2) is 0 Å². The summed E-state index contributed by atoms with van der Waals surface area (Å²) in [5.74, 6) is -1.26. The summed E-state index contributed by atoms with van der Waals surface area (Å²) in [6, 6.07) is 15.2. The zero-order valence-corrected chi connectivity index (χ0v) is 23.3. The molecule has 0 aliphatic carbocycles. The van der Waals surface area contributed by atoms with Crippen LogP contribution in [0.15, 0.2) is 65.9 Å². The van der Waals surface area contributed by atoms with E-state index in [1.807, 2.05) is 0 Å². The Labute approximate surface area is 231 Å². The number of amides is 1. The molecule has 1 amide bonds. The summed E-state index contributed by atoms with van der Waals surface area (Å²) in [5.41, 5.74) is 0.605. The molecule has 2 aromatic rings. The molecule has 4 nitrogen and oxygen atoms in total. The molecule has 0 saturated heterocycles. The van der Waals surface area contributed by atoms with Gasteiger partial charge in [0.1, 0.15) is 5.75 Å². The summed E-state index contributed by atoms with van der Waals surface area (Å²) in [4.78, 5) is 15.0. The number of hydrogen-bond acceptors (Lipinski definition) is 3. The molecule has 7 heteroatoms. The smallest absolute Gasteiger partial charge is 0.449 e. The van der Waals surface area contributed by atoms with E-state index in [9.17, 15) is 18.0 Å². The number of benzene rings is 2. The van der Waals surface area contributed by atoms with E-state index < -0.39 is 24.1 Å². The van der Waals surface area contributed by atoms with Crippen molar-refractivity contribution in [2.45, 2.75) is 103 Å². The van der Waals surface area contributed by atoms with Crippen LogP contribution in [0.1, 0.15) is 102 Å². The molecule has 0 N–H and O–H groups in total. The Morgan fingerprint density at radius 2 is 1.33 bits per heavy atom. The molecule has 2 aromatic carbocycles. The van der Waals surface area contributed by atoms with Crippen LogP contribution in [0, 0.1) is 0 Å². The van der Waals surface area contributed by atoms with Crippen molar-refractivity contribution in [3.8, 4) is 5.75 Å². The third kappa shape index (κ3) is 9.04. The van der Waals surface area contributed by atoms with Crippen LogP contribution in [0.25, 0.3) is 0 Å². The first-order valence-electron chi connectivity index (χ1n) is 14.4. The number of nitrogens with zero attached hydrogens (tertiary/aromatic N) is 1. The van der Waals surface area contributed by atoms with Crippen molar-refractivity contribution in [3.63, 3.8) is 0 Å². The average Bonchev–Trinajstić information content (AvgIpc) is 2.94. The predicted molar refractivity (Wildman–Crippen MR) is 150 cm³/mol. The summed E-state index contributed by atoms with van der Waals surface area (Å²) in [5, 5.41) is 0. The maximum Gasteiger partial charge on any atom is 0.449 e. The zero-order valence-electron chi connectivity index (χ0n) is 23.3. The molecule has 0 bridgehead atoms. The van der Waals surface area contributed by atoms with Gasteiger partial charge in [0.15, 0.2) is 0 Å². The Kier molecular flexibility index (Phi) is 12.2. The Morgan fingerprint density at radius 1 is 0.795 bits per heavy atom. The van der Waals surface area contributed by atoms with Gasteiger partial charge < -0.3 is 9.47 Å². The summed E-state index contributed by atoms with van der Waals surface area (Å²) in [6.07, 6.45) is 7.42. The molecular weight excluding hydrogens is 503 g/mol. The summed E-state index contributed by atoms with van der Waals surface area (Å²) < 4.78 is 53.3. The van der Waals surface area contributed by atoms with Crippen LogP contribution >= 0.6 is 0 Å². The maximum atomic E-state index is 14.2. The molecule has 0 aromatic heterocycles.